The lowest BCUT2D eigenvalue weighted by molar-refractivity contribution is -0.125. The predicted molar refractivity (Wildman–Crippen MR) is 116 cm³/mol. The number of amidine groups is 1. The molecule has 2 aliphatic rings. The first kappa shape index (κ1) is 19.0. The summed E-state index contributed by atoms with van der Waals surface area (Å²) < 4.78 is 0.940. The van der Waals surface area contributed by atoms with Crippen LogP contribution in [-0.2, 0) is 9.59 Å². The molecule has 1 N–H and O–H groups in total. The lowest BCUT2D eigenvalue weighted by atomic mass is 9.93. The minimum atomic E-state index is -0.493. The molecule has 2 heterocycles. The normalized spacial score (nSPS) is 18.8. The van der Waals surface area contributed by atoms with Gasteiger partial charge >= 0.3 is 0 Å². The second-order valence-corrected chi connectivity index (χ2v) is 8.53. The van der Waals surface area contributed by atoms with Gasteiger partial charge in [0.05, 0.1) is 23.1 Å². The molecule has 2 aromatic rings. The van der Waals surface area contributed by atoms with Crippen molar-refractivity contribution < 1.29 is 9.59 Å². The van der Waals surface area contributed by atoms with E-state index in [4.69, 9.17) is 0 Å². The molecule has 1 fully saturated rings. The molecule has 4 rings (SSSR count). The van der Waals surface area contributed by atoms with Crippen molar-refractivity contribution in [3.05, 3.63) is 75.4 Å². The number of carbonyl (C=O) groups excluding carboxylic acids is 2. The van der Waals surface area contributed by atoms with Crippen molar-refractivity contribution in [2.24, 2.45) is 4.99 Å². The Morgan fingerprint density at radius 2 is 1.89 bits per heavy atom. The molecule has 5 nitrogen and oxygen atoms in total. The second kappa shape index (κ2) is 7.56. The molecule has 0 aromatic heterocycles. The van der Waals surface area contributed by atoms with Crippen LogP contribution in [0.2, 0.25) is 0 Å². The monoisotopic (exact) mass is 455 g/mol. The van der Waals surface area contributed by atoms with Crippen LogP contribution >= 0.6 is 27.7 Å². The summed E-state index contributed by atoms with van der Waals surface area (Å²) in [4.78, 5) is 32.1. The summed E-state index contributed by atoms with van der Waals surface area (Å²) in [7, 11) is 0. The number of nitrogens with zero attached hydrogens (tertiary/aromatic N) is 2. The first-order chi connectivity index (χ1) is 13.5. The molecule has 1 atom stereocenters. The summed E-state index contributed by atoms with van der Waals surface area (Å²) >= 11 is 4.86. The predicted octanol–water partition coefficient (Wildman–Crippen LogP) is 4.66. The number of amides is 2. The zero-order chi connectivity index (χ0) is 19.8. The lowest BCUT2D eigenvalue weighted by Crippen LogP contribution is -2.40. The van der Waals surface area contributed by atoms with Gasteiger partial charge in [0.1, 0.15) is 0 Å². The van der Waals surface area contributed by atoms with Crippen LogP contribution in [0.3, 0.4) is 0 Å². The molecule has 2 aliphatic heterocycles. The summed E-state index contributed by atoms with van der Waals surface area (Å²) in [6, 6.07) is 14.8. The average molecular weight is 456 g/mol. The third-order valence-electron chi connectivity index (χ3n) is 4.81. The number of hydrogen-bond acceptors (Lipinski definition) is 4. The summed E-state index contributed by atoms with van der Waals surface area (Å²) in [5.41, 5.74) is 3.72. The van der Waals surface area contributed by atoms with Crippen molar-refractivity contribution in [1.29, 1.82) is 0 Å². The molecule has 2 amide bonds. The van der Waals surface area contributed by atoms with E-state index in [-0.39, 0.29) is 11.8 Å². The van der Waals surface area contributed by atoms with Gasteiger partial charge in [0.25, 0.3) is 5.91 Å². The quantitative estimate of drug-likeness (QED) is 0.731. The van der Waals surface area contributed by atoms with Gasteiger partial charge in [-0.25, -0.2) is 4.99 Å². The first-order valence-electron chi connectivity index (χ1n) is 8.82. The van der Waals surface area contributed by atoms with Crippen LogP contribution in [0.15, 0.2) is 69.3 Å². The fraction of sp³-hybridized carbons (Fsp3) is 0.190. The molecule has 0 radical (unpaired) electrons. The maximum absolute atomic E-state index is 13.3. The summed E-state index contributed by atoms with van der Waals surface area (Å²) in [6.45, 7) is 3.77. The Labute approximate surface area is 176 Å². The van der Waals surface area contributed by atoms with Crippen molar-refractivity contribution in [3.8, 4) is 0 Å². The van der Waals surface area contributed by atoms with Crippen molar-refractivity contribution in [3.63, 3.8) is 0 Å². The van der Waals surface area contributed by atoms with Gasteiger partial charge in [-0.05, 0) is 43.2 Å². The van der Waals surface area contributed by atoms with Gasteiger partial charge in [-0.3, -0.25) is 14.5 Å². The Hall–Kier alpha value is -2.38. The number of aliphatic imine (C=N–C) groups is 1. The van der Waals surface area contributed by atoms with Crippen LogP contribution in [-0.4, -0.2) is 27.6 Å². The molecule has 28 heavy (non-hydrogen) atoms. The molecule has 7 heteroatoms. The molecule has 0 spiro atoms. The van der Waals surface area contributed by atoms with Crippen molar-refractivity contribution >= 4 is 50.4 Å². The number of carbonyl (C=O) groups is 2. The molecule has 0 saturated carbocycles. The topological polar surface area (TPSA) is 61.8 Å². The van der Waals surface area contributed by atoms with Gasteiger partial charge in [-0.2, -0.15) is 0 Å². The smallest absolute Gasteiger partial charge is 0.255 e. The number of thioether (sulfide) groups is 1. The van der Waals surface area contributed by atoms with Crippen molar-refractivity contribution in [2.75, 3.05) is 11.1 Å². The first-order valence-corrected chi connectivity index (χ1v) is 10.6. The zero-order valence-electron chi connectivity index (χ0n) is 15.4. The van der Waals surface area contributed by atoms with Gasteiger partial charge in [-0.1, -0.05) is 58.0 Å². The van der Waals surface area contributed by atoms with Crippen LogP contribution in [0.1, 0.15) is 24.1 Å². The number of aryl methyl sites for hydroxylation is 1. The number of para-hydroxylation sites is 1. The van der Waals surface area contributed by atoms with Gasteiger partial charge < -0.3 is 5.32 Å². The molecular weight excluding hydrogens is 438 g/mol. The Morgan fingerprint density at radius 1 is 1.18 bits per heavy atom. The van der Waals surface area contributed by atoms with Crippen LogP contribution in [0.5, 0.6) is 0 Å². The number of fused-ring (bicyclic) bond motifs is 1. The molecule has 0 unspecified atom stereocenters. The zero-order valence-corrected chi connectivity index (χ0v) is 17.8. The average Bonchev–Trinajstić information content (AvgIpc) is 3.03. The fourth-order valence-electron chi connectivity index (χ4n) is 3.40. The number of nitrogens with one attached hydrogen (secondary N) is 1. The Kier molecular flexibility index (Phi) is 5.12. The summed E-state index contributed by atoms with van der Waals surface area (Å²) in [6.07, 6.45) is 0. The highest BCUT2D eigenvalue weighted by Gasteiger charge is 2.42. The summed E-state index contributed by atoms with van der Waals surface area (Å²) in [5, 5.41) is 3.65. The molecule has 0 aliphatic carbocycles. The van der Waals surface area contributed by atoms with E-state index in [1.54, 1.807) is 4.90 Å². The Balaban J connectivity index is 1.78. The molecule has 1 saturated heterocycles. The third kappa shape index (κ3) is 3.40. The number of hydrogen-bond donors (Lipinski definition) is 1. The van der Waals surface area contributed by atoms with Gasteiger partial charge in [0.2, 0.25) is 5.91 Å². The minimum Gasteiger partial charge on any atom is -0.322 e. The van der Waals surface area contributed by atoms with Gasteiger partial charge in [-0.15, -0.1) is 0 Å². The van der Waals surface area contributed by atoms with E-state index >= 15 is 0 Å². The van der Waals surface area contributed by atoms with E-state index in [0.717, 1.165) is 21.3 Å². The van der Waals surface area contributed by atoms with Crippen LogP contribution in [0, 0.1) is 6.92 Å². The molecule has 142 valence electrons. The van der Waals surface area contributed by atoms with E-state index in [2.05, 4.69) is 26.2 Å². The maximum Gasteiger partial charge on any atom is 0.255 e. The van der Waals surface area contributed by atoms with E-state index in [1.165, 1.54) is 11.8 Å². The highest BCUT2D eigenvalue weighted by Crippen LogP contribution is 2.41. The number of halogens is 1. The highest BCUT2D eigenvalue weighted by molar-refractivity contribution is 9.10. The SMILES string of the molecule is CC1=C(C(=O)Nc2ccccc2C)[C@H](c2ccc(Br)cc2)N2C(=O)CSC2=N1. The highest BCUT2D eigenvalue weighted by atomic mass is 79.9. The largest absolute Gasteiger partial charge is 0.322 e. The van der Waals surface area contributed by atoms with E-state index in [1.807, 2.05) is 62.4 Å². The van der Waals surface area contributed by atoms with E-state index in [0.29, 0.717) is 22.2 Å². The fourth-order valence-corrected chi connectivity index (χ4v) is 4.60. The Morgan fingerprint density at radius 3 is 2.61 bits per heavy atom. The lowest BCUT2D eigenvalue weighted by Gasteiger charge is -2.33. The van der Waals surface area contributed by atoms with E-state index in [9.17, 15) is 9.59 Å². The molecule has 2 aromatic carbocycles. The van der Waals surface area contributed by atoms with Gasteiger partial charge in [0, 0.05) is 10.2 Å². The molecule has 0 bridgehead atoms. The van der Waals surface area contributed by atoms with Crippen LogP contribution in [0.4, 0.5) is 5.69 Å². The minimum absolute atomic E-state index is 0.0367. The number of benzene rings is 2. The van der Waals surface area contributed by atoms with E-state index < -0.39 is 6.04 Å². The number of rotatable bonds is 3. The van der Waals surface area contributed by atoms with Crippen LogP contribution < -0.4 is 5.32 Å². The number of anilines is 1. The van der Waals surface area contributed by atoms with Gasteiger partial charge in [0.15, 0.2) is 5.17 Å². The summed E-state index contributed by atoms with van der Waals surface area (Å²) in [5.74, 6) is 0.0591. The van der Waals surface area contributed by atoms with Crippen molar-refractivity contribution in [1.82, 2.24) is 4.90 Å². The van der Waals surface area contributed by atoms with Crippen LogP contribution in [0.25, 0.3) is 0 Å². The second-order valence-electron chi connectivity index (χ2n) is 6.67. The number of allylic oxidation sites excluding steroid dienone is 1. The molecular formula is C21H18BrN3O2S. The Bertz CT molecular complexity index is 1030. The standard InChI is InChI=1S/C21H18BrN3O2S/c1-12-5-3-4-6-16(12)24-20(27)18-13(2)23-21-25(17(26)11-28-21)19(18)14-7-9-15(22)10-8-14/h3-10,19H,11H2,1-2H3,(H,24,27)/t19-/m0/s1. The third-order valence-corrected chi connectivity index (χ3v) is 6.27. The maximum atomic E-state index is 13.3. The van der Waals surface area contributed by atoms with Crippen molar-refractivity contribution in [2.45, 2.75) is 19.9 Å².